The van der Waals surface area contributed by atoms with Crippen molar-refractivity contribution in [3.05, 3.63) is 58.6 Å². The number of nitrogens with zero attached hydrogens (tertiary/aromatic N) is 5. The standard InChI is InChI=1S/C17H13BrN6O/c1-11(17(25)20-15-4-2-3-12(9-15)10-19)24-22-16(21-23-24)13-5-7-14(18)8-6-13/h2-9,11H,1H3,(H,20,25). The molecule has 0 fully saturated rings. The van der Waals surface area contributed by atoms with Gasteiger partial charge in [0, 0.05) is 15.7 Å². The van der Waals surface area contributed by atoms with Gasteiger partial charge in [-0.15, -0.1) is 10.2 Å². The van der Waals surface area contributed by atoms with Crippen molar-refractivity contribution in [2.24, 2.45) is 0 Å². The fourth-order valence-electron chi connectivity index (χ4n) is 2.12. The molecule has 8 heteroatoms. The molecule has 0 saturated heterocycles. The summed E-state index contributed by atoms with van der Waals surface area (Å²) in [5.41, 5.74) is 1.83. The Hall–Kier alpha value is -3.05. The number of aromatic nitrogens is 4. The first kappa shape index (κ1) is 16.8. The number of rotatable bonds is 4. The number of tetrazole rings is 1. The SMILES string of the molecule is CC(C(=O)Nc1cccc(C#N)c1)n1nnc(-c2ccc(Br)cc2)n1. The molecule has 2 aromatic carbocycles. The van der Waals surface area contributed by atoms with E-state index in [0.717, 1.165) is 10.0 Å². The molecule has 1 heterocycles. The average Bonchev–Trinajstić information content (AvgIpc) is 3.12. The van der Waals surface area contributed by atoms with Crippen LogP contribution < -0.4 is 5.32 Å². The molecule has 1 unspecified atom stereocenters. The van der Waals surface area contributed by atoms with Gasteiger partial charge in [0.2, 0.25) is 5.82 Å². The van der Waals surface area contributed by atoms with Gasteiger partial charge >= 0.3 is 0 Å². The highest BCUT2D eigenvalue weighted by Crippen LogP contribution is 2.18. The van der Waals surface area contributed by atoms with E-state index in [9.17, 15) is 4.79 Å². The number of hydrogen-bond acceptors (Lipinski definition) is 5. The number of carbonyl (C=O) groups excluding carboxylic acids is 1. The first-order chi connectivity index (χ1) is 12.1. The molecule has 124 valence electrons. The van der Waals surface area contributed by atoms with Crippen LogP contribution in [0.1, 0.15) is 18.5 Å². The molecule has 0 saturated carbocycles. The number of halogens is 1. The van der Waals surface area contributed by atoms with Crippen molar-refractivity contribution in [2.45, 2.75) is 13.0 Å². The van der Waals surface area contributed by atoms with Crippen molar-refractivity contribution >= 4 is 27.5 Å². The first-order valence-electron chi connectivity index (χ1n) is 7.43. The third kappa shape index (κ3) is 3.89. The predicted octanol–water partition coefficient (Wildman–Crippen LogP) is 3.17. The van der Waals surface area contributed by atoms with E-state index >= 15 is 0 Å². The summed E-state index contributed by atoms with van der Waals surface area (Å²) in [4.78, 5) is 13.6. The molecular weight excluding hydrogens is 384 g/mol. The molecule has 0 aliphatic carbocycles. The summed E-state index contributed by atoms with van der Waals surface area (Å²) < 4.78 is 0.955. The van der Waals surface area contributed by atoms with Gasteiger partial charge in [0.15, 0.2) is 0 Å². The second kappa shape index (κ2) is 7.23. The van der Waals surface area contributed by atoms with Gasteiger partial charge < -0.3 is 5.32 Å². The number of anilines is 1. The zero-order valence-corrected chi connectivity index (χ0v) is 14.8. The lowest BCUT2D eigenvalue weighted by Crippen LogP contribution is -2.25. The third-order valence-electron chi connectivity index (χ3n) is 3.52. The van der Waals surface area contributed by atoms with Crippen molar-refractivity contribution in [3.8, 4) is 17.5 Å². The maximum Gasteiger partial charge on any atom is 0.250 e. The summed E-state index contributed by atoms with van der Waals surface area (Å²) in [6.07, 6.45) is 0. The van der Waals surface area contributed by atoms with E-state index in [1.807, 2.05) is 30.3 Å². The summed E-state index contributed by atoms with van der Waals surface area (Å²) in [7, 11) is 0. The second-order valence-electron chi connectivity index (χ2n) is 5.30. The molecule has 0 aliphatic heterocycles. The number of carbonyl (C=O) groups is 1. The van der Waals surface area contributed by atoms with E-state index in [-0.39, 0.29) is 5.91 Å². The van der Waals surface area contributed by atoms with Crippen LogP contribution in [0.5, 0.6) is 0 Å². The Morgan fingerprint density at radius 1 is 1.28 bits per heavy atom. The Balaban J connectivity index is 1.74. The van der Waals surface area contributed by atoms with Gasteiger partial charge in [-0.1, -0.05) is 22.0 Å². The second-order valence-corrected chi connectivity index (χ2v) is 6.21. The van der Waals surface area contributed by atoms with Gasteiger partial charge in [-0.25, -0.2) is 0 Å². The monoisotopic (exact) mass is 396 g/mol. The number of benzene rings is 2. The Morgan fingerprint density at radius 3 is 2.76 bits per heavy atom. The van der Waals surface area contributed by atoms with E-state index in [2.05, 4.69) is 36.7 Å². The van der Waals surface area contributed by atoms with Crippen molar-refractivity contribution < 1.29 is 4.79 Å². The average molecular weight is 397 g/mol. The van der Waals surface area contributed by atoms with E-state index in [0.29, 0.717) is 17.1 Å². The van der Waals surface area contributed by atoms with Crippen LogP contribution in [0.3, 0.4) is 0 Å². The predicted molar refractivity (Wildman–Crippen MR) is 95.5 cm³/mol. The van der Waals surface area contributed by atoms with Crippen LogP contribution in [-0.4, -0.2) is 26.1 Å². The van der Waals surface area contributed by atoms with Crippen molar-refractivity contribution in [3.63, 3.8) is 0 Å². The summed E-state index contributed by atoms with van der Waals surface area (Å²) >= 11 is 3.37. The van der Waals surface area contributed by atoms with Gasteiger partial charge in [-0.3, -0.25) is 4.79 Å². The largest absolute Gasteiger partial charge is 0.324 e. The fraction of sp³-hybridized carbons (Fsp3) is 0.118. The highest BCUT2D eigenvalue weighted by Gasteiger charge is 2.19. The Bertz CT molecular complexity index is 944. The molecule has 7 nitrogen and oxygen atoms in total. The summed E-state index contributed by atoms with van der Waals surface area (Å²) in [5, 5.41) is 23.9. The maximum atomic E-state index is 12.4. The normalized spacial score (nSPS) is 11.6. The van der Waals surface area contributed by atoms with Gasteiger partial charge in [0.25, 0.3) is 5.91 Å². The molecule has 25 heavy (non-hydrogen) atoms. The zero-order valence-electron chi connectivity index (χ0n) is 13.2. The number of nitrogens with one attached hydrogen (secondary N) is 1. The van der Waals surface area contributed by atoms with Crippen LogP contribution in [0, 0.1) is 11.3 Å². The Morgan fingerprint density at radius 2 is 2.04 bits per heavy atom. The van der Waals surface area contributed by atoms with E-state index in [1.54, 1.807) is 31.2 Å². The quantitative estimate of drug-likeness (QED) is 0.730. The van der Waals surface area contributed by atoms with E-state index < -0.39 is 6.04 Å². The van der Waals surface area contributed by atoms with Crippen molar-refractivity contribution in [1.29, 1.82) is 5.26 Å². The van der Waals surface area contributed by atoms with Crippen LogP contribution in [0.2, 0.25) is 0 Å². The van der Waals surface area contributed by atoms with Crippen LogP contribution in [0.25, 0.3) is 11.4 Å². The molecule has 1 aromatic heterocycles. The summed E-state index contributed by atoms with van der Waals surface area (Å²) in [6.45, 7) is 1.68. The van der Waals surface area contributed by atoms with Gasteiger partial charge in [0.05, 0.1) is 11.6 Å². The maximum absolute atomic E-state index is 12.4. The highest BCUT2D eigenvalue weighted by atomic mass is 79.9. The molecule has 3 aromatic rings. The molecule has 1 N–H and O–H groups in total. The van der Waals surface area contributed by atoms with Crippen molar-refractivity contribution in [2.75, 3.05) is 5.32 Å². The number of amides is 1. The molecule has 1 amide bonds. The summed E-state index contributed by atoms with van der Waals surface area (Å²) in [5.74, 6) is 0.147. The van der Waals surface area contributed by atoms with Crippen LogP contribution in [0.15, 0.2) is 53.0 Å². The summed E-state index contributed by atoms with van der Waals surface area (Å²) in [6, 6.07) is 15.6. The smallest absolute Gasteiger partial charge is 0.250 e. The lowest BCUT2D eigenvalue weighted by molar-refractivity contribution is -0.119. The van der Waals surface area contributed by atoms with E-state index in [1.165, 1.54) is 4.80 Å². The molecule has 0 spiro atoms. The van der Waals surface area contributed by atoms with Crippen LogP contribution in [0.4, 0.5) is 5.69 Å². The Kier molecular flexibility index (Phi) is 4.86. The highest BCUT2D eigenvalue weighted by molar-refractivity contribution is 9.10. The topological polar surface area (TPSA) is 96.5 Å². The minimum absolute atomic E-state index is 0.296. The lowest BCUT2D eigenvalue weighted by atomic mass is 10.2. The molecular formula is C17H13BrN6O. The zero-order chi connectivity index (χ0) is 17.8. The molecule has 3 rings (SSSR count). The fourth-order valence-corrected chi connectivity index (χ4v) is 2.39. The first-order valence-corrected chi connectivity index (χ1v) is 8.22. The number of nitriles is 1. The third-order valence-corrected chi connectivity index (χ3v) is 4.04. The van der Waals surface area contributed by atoms with Crippen molar-refractivity contribution in [1.82, 2.24) is 20.2 Å². The van der Waals surface area contributed by atoms with Crippen LogP contribution >= 0.6 is 15.9 Å². The van der Waals surface area contributed by atoms with Crippen LogP contribution in [-0.2, 0) is 4.79 Å². The Labute approximate surface area is 152 Å². The molecule has 0 aliphatic rings. The van der Waals surface area contributed by atoms with Gasteiger partial charge in [0.1, 0.15) is 6.04 Å². The molecule has 1 atom stereocenters. The molecule has 0 bridgehead atoms. The lowest BCUT2D eigenvalue weighted by Gasteiger charge is -2.10. The minimum atomic E-state index is -0.651. The molecule has 0 radical (unpaired) electrons. The van der Waals surface area contributed by atoms with E-state index in [4.69, 9.17) is 5.26 Å². The van der Waals surface area contributed by atoms with Gasteiger partial charge in [-0.2, -0.15) is 10.1 Å². The minimum Gasteiger partial charge on any atom is -0.324 e. The van der Waals surface area contributed by atoms with Gasteiger partial charge in [-0.05, 0) is 54.6 Å². The number of hydrogen-bond donors (Lipinski definition) is 1.